The zero-order valence-electron chi connectivity index (χ0n) is 15.8. The molecule has 1 fully saturated rings. The molecule has 8 heteroatoms. The molecule has 1 saturated heterocycles. The highest BCUT2D eigenvalue weighted by Gasteiger charge is 2.31. The average Bonchev–Trinajstić information content (AvgIpc) is 3.21. The minimum absolute atomic E-state index is 0.180. The molecule has 0 aliphatic carbocycles. The molecule has 4 nitrogen and oxygen atoms in total. The van der Waals surface area contributed by atoms with Gasteiger partial charge in [0.15, 0.2) is 0 Å². The number of aliphatic imine (C=N–C) groups is 1. The zero-order chi connectivity index (χ0) is 21.1. The molecule has 0 saturated carbocycles. The largest absolute Gasteiger partial charge is 0.455 e. The first-order chi connectivity index (χ1) is 14.4. The fraction of sp³-hybridized carbons (Fsp3) is 0.227. The number of benzene rings is 2. The summed E-state index contributed by atoms with van der Waals surface area (Å²) in [5.41, 5.74) is 1.24. The molecule has 4 rings (SSSR count). The minimum Gasteiger partial charge on any atom is -0.455 e. The third-order valence-corrected chi connectivity index (χ3v) is 5.08. The van der Waals surface area contributed by atoms with Gasteiger partial charge in [0.25, 0.3) is 0 Å². The number of ether oxygens (including phenoxy) is 1. The van der Waals surface area contributed by atoms with Crippen LogP contribution in [0.25, 0.3) is 11.3 Å². The SMILES string of the molecule is FC(F)(F)c1ccc(Cl)c(-c2ccc(C=Nc3ccc(N4CCOCC4)cc3)o2)c1. The van der Waals surface area contributed by atoms with E-state index in [0.29, 0.717) is 5.76 Å². The molecule has 30 heavy (non-hydrogen) atoms. The Kier molecular flexibility index (Phi) is 5.83. The fourth-order valence-electron chi connectivity index (χ4n) is 3.17. The molecule has 0 amide bonds. The molecule has 0 N–H and O–H groups in total. The minimum atomic E-state index is -4.45. The molecule has 0 radical (unpaired) electrons. The number of anilines is 1. The van der Waals surface area contributed by atoms with Gasteiger partial charge in [0.1, 0.15) is 11.5 Å². The third kappa shape index (κ3) is 4.68. The van der Waals surface area contributed by atoms with Crippen molar-refractivity contribution in [2.75, 3.05) is 31.2 Å². The molecular formula is C22H18ClF3N2O2. The Morgan fingerprint density at radius 3 is 2.40 bits per heavy atom. The first kappa shape index (κ1) is 20.5. The summed E-state index contributed by atoms with van der Waals surface area (Å²) < 4.78 is 49.9. The highest BCUT2D eigenvalue weighted by Crippen LogP contribution is 2.36. The normalized spacial score (nSPS) is 15.1. The zero-order valence-corrected chi connectivity index (χ0v) is 16.6. The Hall–Kier alpha value is -2.77. The van der Waals surface area contributed by atoms with Crippen molar-refractivity contribution in [1.82, 2.24) is 0 Å². The van der Waals surface area contributed by atoms with E-state index in [1.165, 1.54) is 12.3 Å². The second-order valence-corrected chi connectivity index (χ2v) is 7.18. The van der Waals surface area contributed by atoms with E-state index in [2.05, 4.69) is 9.89 Å². The van der Waals surface area contributed by atoms with Gasteiger partial charge < -0.3 is 14.1 Å². The van der Waals surface area contributed by atoms with Crippen LogP contribution < -0.4 is 4.90 Å². The van der Waals surface area contributed by atoms with Gasteiger partial charge in [-0.15, -0.1) is 0 Å². The Labute approximate surface area is 176 Å². The molecule has 3 aromatic rings. The van der Waals surface area contributed by atoms with E-state index in [0.717, 1.165) is 49.8 Å². The van der Waals surface area contributed by atoms with Gasteiger partial charge in [0.05, 0.1) is 35.7 Å². The van der Waals surface area contributed by atoms with Crippen molar-refractivity contribution in [3.63, 3.8) is 0 Å². The average molecular weight is 435 g/mol. The van der Waals surface area contributed by atoms with Crippen LogP contribution in [0.1, 0.15) is 11.3 Å². The third-order valence-electron chi connectivity index (χ3n) is 4.75. The lowest BCUT2D eigenvalue weighted by Crippen LogP contribution is -2.36. The summed E-state index contributed by atoms with van der Waals surface area (Å²) in [7, 11) is 0. The quantitative estimate of drug-likeness (QED) is 0.458. The van der Waals surface area contributed by atoms with Crippen molar-refractivity contribution in [3.8, 4) is 11.3 Å². The van der Waals surface area contributed by atoms with Crippen molar-refractivity contribution in [1.29, 1.82) is 0 Å². The molecule has 156 valence electrons. The van der Waals surface area contributed by atoms with Crippen molar-refractivity contribution >= 4 is 29.2 Å². The van der Waals surface area contributed by atoms with Crippen LogP contribution in [0, 0.1) is 0 Å². The summed E-state index contributed by atoms with van der Waals surface area (Å²) in [6.07, 6.45) is -2.93. The van der Waals surface area contributed by atoms with Gasteiger partial charge in [-0.1, -0.05) is 11.6 Å². The van der Waals surface area contributed by atoms with Crippen LogP contribution in [-0.4, -0.2) is 32.5 Å². The first-order valence-corrected chi connectivity index (χ1v) is 9.72. The van der Waals surface area contributed by atoms with Gasteiger partial charge in [-0.2, -0.15) is 13.2 Å². The summed E-state index contributed by atoms with van der Waals surface area (Å²) in [5.74, 6) is 0.658. The first-order valence-electron chi connectivity index (χ1n) is 9.34. The Morgan fingerprint density at radius 1 is 0.967 bits per heavy atom. The topological polar surface area (TPSA) is 38.0 Å². The summed E-state index contributed by atoms with van der Waals surface area (Å²) in [6, 6.07) is 14.1. The smallest absolute Gasteiger partial charge is 0.416 e. The number of hydrogen-bond donors (Lipinski definition) is 0. The van der Waals surface area contributed by atoms with Crippen LogP contribution in [-0.2, 0) is 10.9 Å². The number of alkyl halides is 3. The van der Waals surface area contributed by atoms with Crippen LogP contribution in [0.4, 0.5) is 24.5 Å². The highest BCUT2D eigenvalue weighted by molar-refractivity contribution is 6.33. The van der Waals surface area contributed by atoms with E-state index in [1.807, 2.05) is 24.3 Å². The lowest BCUT2D eigenvalue weighted by atomic mass is 10.1. The second-order valence-electron chi connectivity index (χ2n) is 6.77. The van der Waals surface area contributed by atoms with Crippen molar-refractivity contribution in [2.24, 2.45) is 4.99 Å². The van der Waals surface area contributed by atoms with Crippen LogP contribution in [0.5, 0.6) is 0 Å². The number of morpholine rings is 1. The molecular weight excluding hydrogens is 417 g/mol. The maximum Gasteiger partial charge on any atom is 0.416 e. The summed E-state index contributed by atoms with van der Waals surface area (Å²) in [4.78, 5) is 6.62. The van der Waals surface area contributed by atoms with Crippen LogP contribution in [0.2, 0.25) is 5.02 Å². The Morgan fingerprint density at radius 2 is 1.70 bits per heavy atom. The van der Waals surface area contributed by atoms with Gasteiger partial charge in [0.2, 0.25) is 0 Å². The monoisotopic (exact) mass is 434 g/mol. The number of nitrogens with zero attached hydrogens (tertiary/aromatic N) is 2. The van der Waals surface area contributed by atoms with E-state index in [1.54, 1.807) is 12.1 Å². The van der Waals surface area contributed by atoms with E-state index in [9.17, 15) is 13.2 Å². The molecule has 0 bridgehead atoms. The number of rotatable bonds is 4. The highest BCUT2D eigenvalue weighted by atomic mass is 35.5. The molecule has 0 unspecified atom stereocenters. The standard InChI is InChI=1S/C22H18ClF3N2O2/c23-20-7-1-15(22(24,25)26)13-19(20)21-8-6-18(30-21)14-27-16-2-4-17(5-3-16)28-9-11-29-12-10-28/h1-8,13-14H,9-12H2. The van der Waals surface area contributed by atoms with Crippen molar-refractivity contribution in [2.45, 2.75) is 6.18 Å². The predicted molar refractivity (Wildman–Crippen MR) is 111 cm³/mol. The molecule has 0 atom stereocenters. The summed E-state index contributed by atoms with van der Waals surface area (Å²) in [5, 5.41) is 0.180. The Balaban J connectivity index is 1.49. The molecule has 2 heterocycles. The van der Waals surface area contributed by atoms with Crippen molar-refractivity contribution < 1.29 is 22.3 Å². The van der Waals surface area contributed by atoms with Crippen molar-refractivity contribution in [3.05, 3.63) is 70.9 Å². The maximum atomic E-state index is 13.0. The van der Waals surface area contributed by atoms with E-state index in [4.69, 9.17) is 20.8 Å². The Bertz CT molecular complexity index is 1040. The molecule has 1 aliphatic heterocycles. The predicted octanol–water partition coefficient (Wildman–Crippen LogP) is 6.21. The number of furan rings is 1. The lowest BCUT2D eigenvalue weighted by molar-refractivity contribution is -0.137. The number of halogens is 4. The van der Waals surface area contributed by atoms with E-state index >= 15 is 0 Å². The van der Waals surface area contributed by atoms with Crippen LogP contribution in [0.15, 0.2) is 64.0 Å². The lowest BCUT2D eigenvalue weighted by Gasteiger charge is -2.28. The van der Waals surface area contributed by atoms with Gasteiger partial charge in [-0.25, -0.2) is 0 Å². The molecule has 0 spiro atoms. The summed E-state index contributed by atoms with van der Waals surface area (Å²) in [6.45, 7) is 3.15. The van der Waals surface area contributed by atoms with Gasteiger partial charge in [-0.05, 0) is 54.6 Å². The van der Waals surface area contributed by atoms with E-state index in [-0.39, 0.29) is 16.3 Å². The number of hydrogen-bond acceptors (Lipinski definition) is 4. The molecule has 1 aromatic heterocycles. The second kappa shape index (κ2) is 8.53. The van der Waals surface area contributed by atoms with Crippen LogP contribution >= 0.6 is 11.6 Å². The van der Waals surface area contributed by atoms with Crippen LogP contribution in [0.3, 0.4) is 0 Å². The van der Waals surface area contributed by atoms with E-state index < -0.39 is 11.7 Å². The fourth-order valence-corrected chi connectivity index (χ4v) is 3.38. The van der Waals surface area contributed by atoms with Gasteiger partial charge in [0, 0.05) is 24.3 Å². The summed E-state index contributed by atoms with van der Waals surface area (Å²) >= 11 is 6.07. The van der Waals surface area contributed by atoms with Gasteiger partial charge >= 0.3 is 6.18 Å². The van der Waals surface area contributed by atoms with Gasteiger partial charge in [-0.3, -0.25) is 4.99 Å². The molecule has 1 aliphatic rings. The molecule has 2 aromatic carbocycles. The maximum absolute atomic E-state index is 13.0.